The second-order valence-electron chi connectivity index (χ2n) is 8.50. The number of carbonyl (C=O) groups excluding carboxylic acids is 1. The van der Waals surface area contributed by atoms with E-state index in [1.54, 1.807) is 0 Å². The van der Waals surface area contributed by atoms with Gasteiger partial charge in [-0.25, -0.2) is 4.39 Å². The molecule has 1 amide bonds. The van der Waals surface area contributed by atoms with E-state index in [2.05, 4.69) is 10.6 Å². The predicted octanol–water partition coefficient (Wildman–Crippen LogP) is 4.03. The van der Waals surface area contributed by atoms with Crippen LogP contribution in [0.4, 0.5) is 17.6 Å². The van der Waals surface area contributed by atoms with Gasteiger partial charge in [0.1, 0.15) is 5.82 Å². The first-order chi connectivity index (χ1) is 13.6. The number of amides is 1. The van der Waals surface area contributed by atoms with Crippen molar-refractivity contribution in [2.24, 2.45) is 11.3 Å². The van der Waals surface area contributed by atoms with Crippen molar-refractivity contribution in [1.82, 2.24) is 10.6 Å². The van der Waals surface area contributed by atoms with E-state index < -0.39 is 23.0 Å². The maximum Gasteiger partial charge on any atom is 0.416 e. The minimum Gasteiger partial charge on any atom is -0.381 e. The number of benzene rings is 1. The van der Waals surface area contributed by atoms with Crippen molar-refractivity contribution in [3.05, 3.63) is 35.1 Å². The molecular weight excluding hydrogens is 388 g/mol. The summed E-state index contributed by atoms with van der Waals surface area (Å²) in [4.78, 5) is 12.9. The molecule has 1 aliphatic heterocycles. The molecule has 1 aromatic carbocycles. The van der Waals surface area contributed by atoms with Gasteiger partial charge in [0.2, 0.25) is 5.91 Å². The quantitative estimate of drug-likeness (QED) is 0.689. The largest absolute Gasteiger partial charge is 0.416 e. The fraction of sp³-hybridized carbons (Fsp3) is 0.667. The number of rotatable bonds is 6. The van der Waals surface area contributed by atoms with Crippen LogP contribution in [0.15, 0.2) is 18.2 Å². The molecule has 1 aliphatic carbocycles. The SMILES string of the molecule is CC(C)C1(C(=O)NCc2cc(F)cc(C(F)(F)F)c2)CC(NC2CCOCC2)C1. The fourth-order valence-electron chi connectivity index (χ4n) is 4.33. The number of carbonyl (C=O) groups is 1. The van der Waals surface area contributed by atoms with Gasteiger partial charge in [0.05, 0.1) is 11.0 Å². The molecule has 1 aromatic rings. The number of nitrogens with one attached hydrogen (secondary N) is 2. The molecule has 0 spiro atoms. The van der Waals surface area contributed by atoms with Gasteiger partial charge in [0.25, 0.3) is 0 Å². The van der Waals surface area contributed by atoms with E-state index in [0.717, 1.165) is 38.2 Å². The second kappa shape index (κ2) is 8.60. The third kappa shape index (κ3) is 5.09. The van der Waals surface area contributed by atoms with Gasteiger partial charge in [0.15, 0.2) is 0 Å². The Morgan fingerprint density at radius 3 is 2.41 bits per heavy atom. The number of hydrogen-bond donors (Lipinski definition) is 2. The van der Waals surface area contributed by atoms with Crippen LogP contribution in [-0.4, -0.2) is 31.2 Å². The van der Waals surface area contributed by atoms with Gasteiger partial charge in [-0.05, 0) is 55.4 Å². The molecule has 29 heavy (non-hydrogen) atoms. The lowest BCUT2D eigenvalue weighted by molar-refractivity contribution is -0.142. The Balaban J connectivity index is 1.59. The molecule has 4 nitrogen and oxygen atoms in total. The third-order valence-electron chi connectivity index (χ3n) is 6.21. The normalized spacial score (nSPS) is 25.7. The van der Waals surface area contributed by atoms with Crippen LogP contribution in [0.3, 0.4) is 0 Å². The lowest BCUT2D eigenvalue weighted by atomic mass is 9.58. The molecular formula is C21H28F4N2O2. The summed E-state index contributed by atoms with van der Waals surface area (Å²) in [6.45, 7) is 5.32. The van der Waals surface area contributed by atoms with Crippen LogP contribution in [0.25, 0.3) is 0 Å². The number of alkyl halides is 3. The number of hydrogen-bond acceptors (Lipinski definition) is 3. The molecule has 1 saturated carbocycles. The number of ether oxygens (including phenoxy) is 1. The smallest absolute Gasteiger partial charge is 0.381 e. The highest BCUT2D eigenvalue weighted by molar-refractivity contribution is 5.84. The van der Waals surface area contributed by atoms with Crippen LogP contribution in [-0.2, 0) is 22.3 Å². The number of halogens is 4. The molecule has 3 rings (SSSR count). The summed E-state index contributed by atoms with van der Waals surface area (Å²) in [5.74, 6) is -1.06. The highest BCUT2D eigenvalue weighted by atomic mass is 19.4. The predicted molar refractivity (Wildman–Crippen MR) is 101 cm³/mol. The topological polar surface area (TPSA) is 50.4 Å². The monoisotopic (exact) mass is 416 g/mol. The molecule has 2 aliphatic rings. The van der Waals surface area contributed by atoms with E-state index in [1.807, 2.05) is 13.8 Å². The molecule has 0 aromatic heterocycles. The van der Waals surface area contributed by atoms with Crippen LogP contribution in [0.2, 0.25) is 0 Å². The summed E-state index contributed by atoms with van der Waals surface area (Å²) >= 11 is 0. The van der Waals surface area contributed by atoms with Crippen LogP contribution in [0.1, 0.15) is 50.7 Å². The maximum absolute atomic E-state index is 13.6. The molecule has 0 radical (unpaired) electrons. The first-order valence-electron chi connectivity index (χ1n) is 10.1. The Kier molecular flexibility index (Phi) is 6.53. The Morgan fingerprint density at radius 2 is 1.83 bits per heavy atom. The molecule has 0 unspecified atom stereocenters. The Morgan fingerprint density at radius 1 is 1.17 bits per heavy atom. The molecule has 2 N–H and O–H groups in total. The summed E-state index contributed by atoms with van der Waals surface area (Å²) in [5.41, 5.74) is -1.51. The molecule has 8 heteroatoms. The van der Waals surface area contributed by atoms with Gasteiger partial charge < -0.3 is 15.4 Å². The minimum absolute atomic E-state index is 0.0912. The van der Waals surface area contributed by atoms with E-state index in [1.165, 1.54) is 0 Å². The first-order valence-corrected chi connectivity index (χ1v) is 10.1. The van der Waals surface area contributed by atoms with E-state index in [4.69, 9.17) is 4.74 Å². The van der Waals surface area contributed by atoms with Gasteiger partial charge in [-0.15, -0.1) is 0 Å². The fourth-order valence-corrected chi connectivity index (χ4v) is 4.33. The molecule has 0 atom stereocenters. The van der Waals surface area contributed by atoms with E-state index in [-0.39, 0.29) is 30.0 Å². The maximum atomic E-state index is 13.6. The lowest BCUT2D eigenvalue weighted by Gasteiger charge is -2.50. The van der Waals surface area contributed by atoms with Gasteiger partial charge in [-0.1, -0.05) is 13.8 Å². The highest BCUT2D eigenvalue weighted by Crippen LogP contribution is 2.48. The Labute approximate surface area is 168 Å². The van der Waals surface area contributed by atoms with E-state index in [0.29, 0.717) is 24.9 Å². The van der Waals surface area contributed by atoms with Crippen molar-refractivity contribution >= 4 is 5.91 Å². The zero-order valence-electron chi connectivity index (χ0n) is 16.7. The summed E-state index contributed by atoms with van der Waals surface area (Å²) in [7, 11) is 0. The van der Waals surface area contributed by atoms with Crippen LogP contribution >= 0.6 is 0 Å². The molecule has 0 bridgehead atoms. The summed E-state index contributed by atoms with van der Waals surface area (Å²) in [5, 5.41) is 6.32. The van der Waals surface area contributed by atoms with Gasteiger partial charge >= 0.3 is 6.18 Å². The van der Waals surface area contributed by atoms with Crippen molar-refractivity contribution in [2.45, 2.75) is 64.3 Å². The van der Waals surface area contributed by atoms with Crippen LogP contribution in [0, 0.1) is 17.2 Å². The van der Waals surface area contributed by atoms with Crippen molar-refractivity contribution in [3.8, 4) is 0 Å². The van der Waals surface area contributed by atoms with Crippen molar-refractivity contribution in [2.75, 3.05) is 13.2 Å². The van der Waals surface area contributed by atoms with Crippen molar-refractivity contribution < 1.29 is 27.1 Å². The van der Waals surface area contributed by atoms with E-state index in [9.17, 15) is 22.4 Å². The minimum atomic E-state index is -4.63. The van der Waals surface area contributed by atoms with Gasteiger partial charge in [0, 0.05) is 31.8 Å². The summed E-state index contributed by atoms with van der Waals surface area (Å²) in [6.07, 6.45) is -1.34. The third-order valence-corrected chi connectivity index (χ3v) is 6.21. The average molecular weight is 416 g/mol. The van der Waals surface area contributed by atoms with Gasteiger partial charge in [-0.2, -0.15) is 13.2 Å². The zero-order valence-corrected chi connectivity index (χ0v) is 16.7. The Hall–Kier alpha value is -1.67. The lowest BCUT2D eigenvalue weighted by Crippen LogP contribution is -2.60. The summed E-state index contributed by atoms with van der Waals surface area (Å²) < 4.78 is 57.5. The van der Waals surface area contributed by atoms with Crippen LogP contribution in [0.5, 0.6) is 0 Å². The zero-order chi connectivity index (χ0) is 21.2. The van der Waals surface area contributed by atoms with E-state index >= 15 is 0 Å². The van der Waals surface area contributed by atoms with Crippen molar-refractivity contribution in [3.63, 3.8) is 0 Å². The van der Waals surface area contributed by atoms with Crippen molar-refractivity contribution in [1.29, 1.82) is 0 Å². The first kappa shape index (κ1) is 22.0. The molecule has 2 fully saturated rings. The molecule has 1 saturated heterocycles. The average Bonchev–Trinajstić information content (AvgIpc) is 2.61. The molecule has 162 valence electrons. The Bertz CT molecular complexity index is 724. The summed E-state index contributed by atoms with van der Waals surface area (Å²) in [6, 6.07) is 3.00. The van der Waals surface area contributed by atoms with Crippen LogP contribution < -0.4 is 10.6 Å². The second-order valence-corrected chi connectivity index (χ2v) is 8.50. The highest BCUT2D eigenvalue weighted by Gasteiger charge is 2.52. The molecule has 1 heterocycles. The van der Waals surface area contributed by atoms with Gasteiger partial charge in [-0.3, -0.25) is 4.79 Å². The standard InChI is InChI=1S/C21H28F4N2O2/c1-13(2)20(10-18(11-20)27-17-3-5-29-6-4-17)19(28)26-12-14-7-15(21(23,24)25)9-16(22)8-14/h7-9,13,17-18,27H,3-6,10-12H2,1-2H3,(H,26,28).